The first-order valence-corrected chi connectivity index (χ1v) is 10.7. The number of ether oxygens (including phenoxy) is 1. The zero-order chi connectivity index (χ0) is 19.8. The lowest BCUT2D eigenvalue weighted by atomic mass is 10.1. The van der Waals surface area contributed by atoms with Gasteiger partial charge in [0.2, 0.25) is 5.91 Å². The minimum atomic E-state index is 0.267. The summed E-state index contributed by atoms with van der Waals surface area (Å²) in [4.78, 5) is 21.2. The van der Waals surface area contributed by atoms with Gasteiger partial charge in [-0.15, -0.1) is 0 Å². The number of likely N-dealkylation sites (tertiary alicyclic amines) is 2. The van der Waals surface area contributed by atoms with Crippen molar-refractivity contribution in [1.82, 2.24) is 15.1 Å². The van der Waals surface area contributed by atoms with Gasteiger partial charge in [0.1, 0.15) is 0 Å². The van der Waals surface area contributed by atoms with Gasteiger partial charge >= 0.3 is 0 Å². The van der Waals surface area contributed by atoms with Crippen LogP contribution in [0.4, 0.5) is 0 Å². The van der Waals surface area contributed by atoms with Crippen molar-refractivity contribution in [2.45, 2.75) is 58.7 Å². The van der Waals surface area contributed by atoms with Gasteiger partial charge in [0.15, 0.2) is 5.96 Å². The maximum absolute atomic E-state index is 12.0. The average molecular weight is 387 g/mol. The molecule has 0 radical (unpaired) electrons. The number of benzene rings is 1. The number of hydrogen-bond donors (Lipinski definition) is 1. The normalized spacial score (nSPS) is 18.8. The number of nitrogens with zero attached hydrogens (tertiary/aromatic N) is 3. The lowest BCUT2D eigenvalue weighted by molar-refractivity contribution is -0.128. The molecule has 0 spiro atoms. The second kappa shape index (κ2) is 10.5. The van der Waals surface area contributed by atoms with Crippen LogP contribution in [-0.4, -0.2) is 60.6 Å². The minimum absolute atomic E-state index is 0.267. The van der Waals surface area contributed by atoms with Gasteiger partial charge in [-0.3, -0.25) is 4.79 Å². The summed E-state index contributed by atoms with van der Waals surface area (Å²) in [5.74, 6) is 1.24. The van der Waals surface area contributed by atoms with Crippen LogP contribution in [0.5, 0.6) is 0 Å². The smallest absolute Gasteiger partial charge is 0.222 e. The summed E-state index contributed by atoms with van der Waals surface area (Å²) in [6, 6.07) is 8.36. The number of nitrogens with one attached hydrogen (secondary N) is 1. The highest BCUT2D eigenvalue weighted by molar-refractivity contribution is 5.80. The van der Waals surface area contributed by atoms with Crippen LogP contribution in [0.2, 0.25) is 0 Å². The summed E-state index contributed by atoms with van der Waals surface area (Å²) in [6.07, 6.45) is 4.13. The molecule has 2 aliphatic rings. The molecule has 0 saturated carbocycles. The number of hydrogen-bond acceptors (Lipinski definition) is 3. The summed E-state index contributed by atoms with van der Waals surface area (Å²) >= 11 is 0. The van der Waals surface area contributed by atoms with Gasteiger partial charge in [-0.1, -0.05) is 24.3 Å². The third-order valence-corrected chi connectivity index (χ3v) is 5.53. The molecular formula is C22H34N4O2. The summed E-state index contributed by atoms with van der Waals surface area (Å²) < 4.78 is 5.77. The fraction of sp³-hybridized carbons (Fsp3) is 0.636. The van der Waals surface area contributed by atoms with Crippen LogP contribution >= 0.6 is 0 Å². The van der Waals surface area contributed by atoms with Gasteiger partial charge < -0.3 is 19.9 Å². The molecule has 1 N–H and O–H groups in total. The van der Waals surface area contributed by atoms with E-state index in [9.17, 15) is 4.79 Å². The van der Waals surface area contributed by atoms with Gasteiger partial charge in [0, 0.05) is 45.8 Å². The molecule has 0 bridgehead atoms. The van der Waals surface area contributed by atoms with E-state index in [1.165, 1.54) is 11.1 Å². The molecule has 0 aliphatic carbocycles. The Hall–Kier alpha value is -2.08. The van der Waals surface area contributed by atoms with Crippen molar-refractivity contribution >= 4 is 11.9 Å². The highest BCUT2D eigenvalue weighted by atomic mass is 16.5. The fourth-order valence-electron chi connectivity index (χ4n) is 4.00. The van der Waals surface area contributed by atoms with Crippen molar-refractivity contribution in [3.05, 3.63) is 35.4 Å². The number of piperidine rings is 1. The van der Waals surface area contributed by atoms with Crippen molar-refractivity contribution < 1.29 is 9.53 Å². The Labute approximate surface area is 168 Å². The molecule has 0 aromatic heterocycles. The van der Waals surface area contributed by atoms with Crippen LogP contribution in [0.25, 0.3) is 0 Å². The van der Waals surface area contributed by atoms with Gasteiger partial charge in [-0.25, -0.2) is 4.99 Å². The number of guanidine groups is 1. The number of rotatable bonds is 7. The molecule has 2 fully saturated rings. The molecule has 2 heterocycles. The highest BCUT2D eigenvalue weighted by Crippen LogP contribution is 2.18. The Morgan fingerprint density at radius 2 is 1.93 bits per heavy atom. The molecular weight excluding hydrogens is 352 g/mol. The quantitative estimate of drug-likeness (QED) is 0.578. The first kappa shape index (κ1) is 20.6. The molecule has 6 heteroatoms. The van der Waals surface area contributed by atoms with Gasteiger partial charge in [-0.05, 0) is 44.2 Å². The Morgan fingerprint density at radius 1 is 1.18 bits per heavy atom. The SMILES string of the molecule is CCNC(=NCc1ccccc1CN1CCCC1=O)N1CCC(OCC)CC1. The molecule has 28 heavy (non-hydrogen) atoms. The monoisotopic (exact) mass is 386 g/mol. The van der Waals surface area contributed by atoms with E-state index >= 15 is 0 Å². The topological polar surface area (TPSA) is 57.2 Å². The van der Waals surface area contributed by atoms with E-state index in [4.69, 9.17) is 9.73 Å². The number of carbonyl (C=O) groups excluding carboxylic acids is 1. The molecule has 154 valence electrons. The third kappa shape index (κ3) is 5.47. The van der Waals surface area contributed by atoms with E-state index in [1.54, 1.807) is 0 Å². The van der Waals surface area contributed by atoms with Crippen LogP contribution in [0.15, 0.2) is 29.3 Å². The van der Waals surface area contributed by atoms with Crippen molar-refractivity contribution in [2.75, 3.05) is 32.8 Å². The van der Waals surface area contributed by atoms with Gasteiger partial charge in [0.05, 0.1) is 12.6 Å². The molecule has 3 rings (SSSR count). The lowest BCUT2D eigenvalue weighted by Crippen LogP contribution is -2.47. The van der Waals surface area contributed by atoms with Crippen molar-refractivity contribution in [3.8, 4) is 0 Å². The van der Waals surface area contributed by atoms with Crippen molar-refractivity contribution in [1.29, 1.82) is 0 Å². The fourth-order valence-corrected chi connectivity index (χ4v) is 4.00. The summed E-state index contributed by atoms with van der Waals surface area (Å²) in [5.41, 5.74) is 2.40. The zero-order valence-electron chi connectivity index (χ0n) is 17.3. The van der Waals surface area contributed by atoms with E-state index in [0.29, 0.717) is 25.6 Å². The third-order valence-electron chi connectivity index (χ3n) is 5.53. The summed E-state index contributed by atoms with van der Waals surface area (Å²) in [5, 5.41) is 3.44. The molecule has 0 atom stereocenters. The Bertz CT molecular complexity index is 668. The van der Waals surface area contributed by atoms with E-state index in [1.807, 2.05) is 11.0 Å². The maximum Gasteiger partial charge on any atom is 0.222 e. The molecule has 1 aromatic carbocycles. The van der Waals surface area contributed by atoms with Crippen molar-refractivity contribution in [2.24, 2.45) is 4.99 Å². The van der Waals surface area contributed by atoms with Crippen LogP contribution in [0.3, 0.4) is 0 Å². The Kier molecular flexibility index (Phi) is 7.71. The predicted molar refractivity (Wildman–Crippen MR) is 112 cm³/mol. The predicted octanol–water partition coefficient (Wildman–Crippen LogP) is 2.78. The molecule has 0 unspecified atom stereocenters. The van der Waals surface area contributed by atoms with Crippen LogP contribution in [-0.2, 0) is 22.6 Å². The Morgan fingerprint density at radius 3 is 2.57 bits per heavy atom. The maximum atomic E-state index is 12.0. The van der Waals surface area contributed by atoms with E-state index in [-0.39, 0.29) is 5.91 Å². The average Bonchev–Trinajstić information content (AvgIpc) is 3.12. The largest absolute Gasteiger partial charge is 0.378 e. The minimum Gasteiger partial charge on any atom is -0.378 e. The van der Waals surface area contributed by atoms with E-state index in [2.05, 4.69) is 42.3 Å². The van der Waals surface area contributed by atoms with E-state index < -0.39 is 0 Å². The highest BCUT2D eigenvalue weighted by Gasteiger charge is 2.22. The lowest BCUT2D eigenvalue weighted by Gasteiger charge is -2.34. The molecule has 6 nitrogen and oxygen atoms in total. The standard InChI is InChI=1S/C22H34N4O2/c1-3-23-22(25-14-11-20(12-15-25)28-4-2)24-16-18-8-5-6-9-19(18)17-26-13-7-10-21(26)27/h5-6,8-9,20H,3-4,7,10-17H2,1-2H3,(H,23,24). The molecule has 2 aliphatic heterocycles. The molecule has 1 aromatic rings. The number of carbonyl (C=O) groups is 1. The first-order valence-electron chi connectivity index (χ1n) is 10.7. The van der Waals surface area contributed by atoms with Crippen LogP contribution < -0.4 is 5.32 Å². The van der Waals surface area contributed by atoms with Gasteiger partial charge in [-0.2, -0.15) is 0 Å². The number of aliphatic imine (C=N–C) groups is 1. The van der Waals surface area contributed by atoms with Crippen LogP contribution in [0.1, 0.15) is 50.7 Å². The molecule has 1 amide bonds. The summed E-state index contributed by atoms with van der Waals surface area (Å²) in [6.45, 7) is 9.95. The second-order valence-electron chi connectivity index (χ2n) is 7.50. The Balaban J connectivity index is 1.65. The second-order valence-corrected chi connectivity index (χ2v) is 7.50. The summed E-state index contributed by atoms with van der Waals surface area (Å²) in [7, 11) is 0. The van der Waals surface area contributed by atoms with Crippen LogP contribution in [0, 0.1) is 0 Å². The van der Waals surface area contributed by atoms with E-state index in [0.717, 1.165) is 58.0 Å². The van der Waals surface area contributed by atoms with Gasteiger partial charge in [0.25, 0.3) is 0 Å². The number of amides is 1. The van der Waals surface area contributed by atoms with Crippen molar-refractivity contribution in [3.63, 3.8) is 0 Å². The molecule has 2 saturated heterocycles. The zero-order valence-corrected chi connectivity index (χ0v) is 17.3. The first-order chi connectivity index (χ1) is 13.7.